The van der Waals surface area contributed by atoms with E-state index in [2.05, 4.69) is 22.3 Å². The third-order valence-corrected chi connectivity index (χ3v) is 2.56. The third-order valence-electron chi connectivity index (χ3n) is 2.56. The summed E-state index contributed by atoms with van der Waals surface area (Å²) in [6.07, 6.45) is 4.84. The monoisotopic (exact) mass is 223 g/mol. The van der Waals surface area contributed by atoms with Crippen LogP contribution in [0.2, 0.25) is 0 Å². The Kier molecular flexibility index (Phi) is 4.95. The van der Waals surface area contributed by atoms with Crippen molar-refractivity contribution in [2.45, 2.75) is 46.1 Å². The van der Waals surface area contributed by atoms with E-state index in [0.717, 1.165) is 18.7 Å². The molecule has 5 heteroatoms. The molecule has 0 saturated heterocycles. The predicted molar refractivity (Wildman–Crippen MR) is 66.0 cm³/mol. The molecule has 16 heavy (non-hydrogen) atoms. The molecule has 2 N–H and O–H groups in total. The number of unbranched alkanes of at least 4 members (excludes halogenated alkanes) is 3. The number of azo groups is 1. The first-order valence-electron chi connectivity index (χ1n) is 5.83. The Hall–Kier alpha value is -1.39. The minimum Gasteiger partial charge on any atom is -0.382 e. The quantitative estimate of drug-likeness (QED) is 0.594. The maximum Gasteiger partial charge on any atom is 0.150 e. The molecule has 0 unspecified atom stereocenters. The van der Waals surface area contributed by atoms with Crippen LogP contribution in [0.3, 0.4) is 0 Å². The first kappa shape index (κ1) is 12.7. The van der Waals surface area contributed by atoms with Crippen molar-refractivity contribution in [1.29, 1.82) is 0 Å². The number of rotatable bonds is 6. The summed E-state index contributed by atoms with van der Waals surface area (Å²) in [6.45, 7) is 4.97. The van der Waals surface area contributed by atoms with Crippen molar-refractivity contribution in [2.24, 2.45) is 10.2 Å². The fourth-order valence-electron chi connectivity index (χ4n) is 1.67. The van der Waals surface area contributed by atoms with E-state index >= 15 is 0 Å². The van der Waals surface area contributed by atoms with Gasteiger partial charge in [0.05, 0.1) is 5.69 Å². The molecule has 0 spiro atoms. The highest BCUT2D eigenvalue weighted by molar-refractivity contribution is 5.60. The van der Waals surface area contributed by atoms with Gasteiger partial charge in [-0.15, -0.1) is 0 Å². The van der Waals surface area contributed by atoms with E-state index in [4.69, 9.17) is 5.73 Å². The minimum atomic E-state index is 0.625. The second-order valence-electron chi connectivity index (χ2n) is 3.90. The first-order valence-corrected chi connectivity index (χ1v) is 5.83. The maximum absolute atomic E-state index is 5.95. The lowest BCUT2D eigenvalue weighted by Gasteiger charge is -2.03. The highest BCUT2D eigenvalue weighted by Gasteiger charge is 2.11. The van der Waals surface area contributed by atoms with Crippen LogP contribution in [0.15, 0.2) is 10.2 Å². The Morgan fingerprint density at radius 3 is 2.69 bits per heavy atom. The van der Waals surface area contributed by atoms with Gasteiger partial charge in [-0.3, -0.25) is 0 Å². The summed E-state index contributed by atoms with van der Waals surface area (Å²) in [5.41, 5.74) is 7.50. The van der Waals surface area contributed by atoms with Crippen LogP contribution >= 0.6 is 0 Å². The number of hydrogen-bond acceptors (Lipinski definition) is 4. The minimum absolute atomic E-state index is 0.625. The van der Waals surface area contributed by atoms with Gasteiger partial charge >= 0.3 is 0 Å². The van der Waals surface area contributed by atoms with E-state index in [1.807, 2.05) is 11.6 Å². The number of nitrogens with two attached hydrogens (primary N) is 1. The Morgan fingerprint density at radius 1 is 1.31 bits per heavy atom. The highest BCUT2D eigenvalue weighted by atomic mass is 15.3. The van der Waals surface area contributed by atoms with Crippen LogP contribution in [0.4, 0.5) is 11.5 Å². The van der Waals surface area contributed by atoms with Crippen molar-refractivity contribution in [3.63, 3.8) is 0 Å². The zero-order valence-electron chi connectivity index (χ0n) is 10.4. The van der Waals surface area contributed by atoms with Gasteiger partial charge in [0, 0.05) is 13.6 Å². The summed E-state index contributed by atoms with van der Waals surface area (Å²) in [5.74, 6) is 0.625. The van der Waals surface area contributed by atoms with Gasteiger partial charge in [0.1, 0.15) is 11.5 Å². The van der Waals surface area contributed by atoms with Crippen LogP contribution in [0, 0.1) is 6.92 Å². The Labute approximate surface area is 96.7 Å². The molecule has 0 aliphatic carbocycles. The van der Waals surface area contributed by atoms with E-state index < -0.39 is 0 Å². The van der Waals surface area contributed by atoms with Gasteiger partial charge < -0.3 is 5.73 Å². The number of nitrogen functional groups attached to an aromatic ring is 1. The fourth-order valence-corrected chi connectivity index (χ4v) is 1.67. The summed E-state index contributed by atoms with van der Waals surface area (Å²) >= 11 is 0. The molecule has 0 aliphatic rings. The van der Waals surface area contributed by atoms with Crippen LogP contribution in [0.25, 0.3) is 0 Å². The lowest BCUT2D eigenvalue weighted by molar-refractivity contribution is 0.544. The Morgan fingerprint density at radius 2 is 2.06 bits per heavy atom. The summed E-state index contributed by atoms with van der Waals surface area (Å²) < 4.78 is 1.83. The molecule has 0 saturated carbocycles. The van der Waals surface area contributed by atoms with Crippen molar-refractivity contribution in [3.05, 3.63) is 5.69 Å². The molecule has 1 rings (SSSR count). The van der Waals surface area contributed by atoms with Gasteiger partial charge in [-0.1, -0.05) is 26.2 Å². The largest absolute Gasteiger partial charge is 0.382 e. The van der Waals surface area contributed by atoms with E-state index in [-0.39, 0.29) is 0 Å². The standard InChI is InChI=1S/C11H21N5/c1-4-5-6-7-8-16-11(12)10(14-13-3)9(2)15-16/h4-8,12H2,1-3H3. The molecule has 0 amide bonds. The molecule has 0 aromatic carbocycles. The zero-order chi connectivity index (χ0) is 12.0. The number of anilines is 1. The SMILES string of the molecule is CCCCCCn1nc(C)c(N=NC)c1N. The van der Waals surface area contributed by atoms with Crippen molar-refractivity contribution in [2.75, 3.05) is 12.8 Å². The smallest absolute Gasteiger partial charge is 0.150 e. The maximum atomic E-state index is 5.95. The first-order chi connectivity index (χ1) is 7.70. The molecular formula is C11H21N5. The number of aromatic nitrogens is 2. The molecule has 0 bridgehead atoms. The van der Waals surface area contributed by atoms with Gasteiger partial charge in [0.25, 0.3) is 0 Å². The second-order valence-corrected chi connectivity index (χ2v) is 3.90. The van der Waals surface area contributed by atoms with E-state index in [1.54, 1.807) is 7.05 Å². The van der Waals surface area contributed by atoms with Crippen LogP contribution in [-0.4, -0.2) is 16.8 Å². The van der Waals surface area contributed by atoms with Gasteiger partial charge in [0.15, 0.2) is 0 Å². The van der Waals surface area contributed by atoms with Crippen molar-refractivity contribution in [1.82, 2.24) is 9.78 Å². The average molecular weight is 223 g/mol. The van der Waals surface area contributed by atoms with E-state index in [1.165, 1.54) is 19.3 Å². The van der Waals surface area contributed by atoms with Gasteiger partial charge in [-0.25, -0.2) is 4.68 Å². The summed E-state index contributed by atoms with van der Waals surface area (Å²) in [6, 6.07) is 0. The van der Waals surface area contributed by atoms with Crippen LogP contribution in [0.1, 0.15) is 38.3 Å². The van der Waals surface area contributed by atoms with Gasteiger partial charge in [-0.2, -0.15) is 15.3 Å². The molecule has 90 valence electrons. The predicted octanol–water partition coefficient (Wildman–Crippen LogP) is 3.07. The van der Waals surface area contributed by atoms with Crippen molar-refractivity contribution >= 4 is 11.5 Å². The number of nitrogens with zero attached hydrogens (tertiary/aromatic N) is 4. The average Bonchev–Trinajstić information content (AvgIpc) is 2.53. The molecule has 1 heterocycles. The lowest BCUT2D eigenvalue weighted by Crippen LogP contribution is -2.04. The molecule has 5 nitrogen and oxygen atoms in total. The Balaban J connectivity index is 2.63. The number of aryl methyl sites for hydroxylation is 2. The van der Waals surface area contributed by atoms with Crippen molar-refractivity contribution < 1.29 is 0 Å². The highest BCUT2D eigenvalue weighted by Crippen LogP contribution is 2.26. The summed E-state index contributed by atoms with van der Waals surface area (Å²) in [7, 11) is 1.64. The van der Waals surface area contributed by atoms with Crippen LogP contribution in [0.5, 0.6) is 0 Å². The molecule has 0 atom stereocenters. The van der Waals surface area contributed by atoms with Crippen molar-refractivity contribution in [3.8, 4) is 0 Å². The molecule has 0 fully saturated rings. The number of hydrogen-bond donors (Lipinski definition) is 1. The zero-order valence-corrected chi connectivity index (χ0v) is 10.4. The van der Waals surface area contributed by atoms with Gasteiger partial charge in [0.2, 0.25) is 0 Å². The molecule has 1 aromatic heterocycles. The second kappa shape index (κ2) is 6.25. The fraction of sp³-hybridized carbons (Fsp3) is 0.727. The summed E-state index contributed by atoms with van der Waals surface area (Å²) in [5, 5.41) is 12.1. The lowest BCUT2D eigenvalue weighted by atomic mass is 10.2. The topological polar surface area (TPSA) is 68.6 Å². The van der Waals surface area contributed by atoms with E-state index in [9.17, 15) is 0 Å². The molecule has 0 radical (unpaired) electrons. The molecule has 0 aliphatic heterocycles. The van der Waals surface area contributed by atoms with Crippen LogP contribution < -0.4 is 5.73 Å². The molecule has 1 aromatic rings. The third kappa shape index (κ3) is 3.05. The van der Waals surface area contributed by atoms with Gasteiger partial charge in [-0.05, 0) is 13.3 Å². The molecular weight excluding hydrogens is 202 g/mol. The normalized spacial score (nSPS) is 11.4. The van der Waals surface area contributed by atoms with E-state index in [0.29, 0.717) is 11.5 Å². The Bertz CT molecular complexity index is 354. The summed E-state index contributed by atoms with van der Waals surface area (Å²) in [4.78, 5) is 0. The van der Waals surface area contributed by atoms with Crippen LogP contribution in [-0.2, 0) is 6.54 Å².